The van der Waals surface area contributed by atoms with Gasteiger partial charge >= 0.3 is 0 Å². The van der Waals surface area contributed by atoms with Crippen molar-refractivity contribution in [1.82, 2.24) is 9.97 Å². The van der Waals surface area contributed by atoms with Crippen LogP contribution in [0, 0.1) is 21.4 Å². The van der Waals surface area contributed by atoms with E-state index in [4.69, 9.17) is 16.3 Å². The molecule has 36 heavy (non-hydrogen) atoms. The molecular formula is C25H16ClN5O5. The van der Waals surface area contributed by atoms with Crippen LogP contribution < -0.4 is 15.6 Å². The van der Waals surface area contributed by atoms with Gasteiger partial charge in [0.1, 0.15) is 11.8 Å². The average molecular weight is 502 g/mol. The highest BCUT2D eigenvalue weighted by molar-refractivity contribution is 6.31. The van der Waals surface area contributed by atoms with Gasteiger partial charge in [0.05, 0.1) is 21.4 Å². The molecule has 0 unspecified atom stereocenters. The van der Waals surface area contributed by atoms with Crippen LogP contribution in [0.2, 0.25) is 5.02 Å². The molecule has 3 aromatic carbocycles. The van der Waals surface area contributed by atoms with Crippen LogP contribution in [0.1, 0.15) is 11.4 Å². The Hall–Kier alpha value is -5.01. The Morgan fingerprint density at radius 3 is 2.69 bits per heavy atom. The van der Waals surface area contributed by atoms with Crippen LogP contribution in [0.3, 0.4) is 0 Å². The number of H-pyrrole nitrogens is 1. The van der Waals surface area contributed by atoms with Gasteiger partial charge < -0.3 is 15.0 Å². The number of para-hydroxylation sites is 1. The van der Waals surface area contributed by atoms with Gasteiger partial charge in [-0.1, -0.05) is 29.8 Å². The average Bonchev–Trinajstić information content (AvgIpc) is 2.87. The number of amides is 1. The summed E-state index contributed by atoms with van der Waals surface area (Å²) in [6, 6.07) is 19.0. The van der Waals surface area contributed by atoms with Crippen molar-refractivity contribution in [2.45, 2.75) is 0 Å². The maximum Gasteiger partial charge on any atom is 0.270 e. The Kier molecular flexibility index (Phi) is 7.04. The maximum atomic E-state index is 12.5. The van der Waals surface area contributed by atoms with Crippen LogP contribution in [-0.2, 0) is 4.79 Å². The number of carbonyl (C=O) groups excluding carboxylic acids is 1. The molecule has 0 aliphatic carbocycles. The van der Waals surface area contributed by atoms with Crippen molar-refractivity contribution in [2.75, 3.05) is 11.9 Å². The largest absolute Gasteiger partial charge is 0.483 e. The number of non-ortho nitro benzene ring substituents is 1. The van der Waals surface area contributed by atoms with Crippen molar-refractivity contribution >= 4 is 51.4 Å². The van der Waals surface area contributed by atoms with Crippen LogP contribution in [-0.4, -0.2) is 27.4 Å². The number of anilines is 1. The molecule has 4 rings (SSSR count). The van der Waals surface area contributed by atoms with Gasteiger partial charge in [-0.2, -0.15) is 5.26 Å². The van der Waals surface area contributed by atoms with Crippen molar-refractivity contribution in [3.63, 3.8) is 0 Å². The second-order valence-corrected chi connectivity index (χ2v) is 7.86. The number of nitrogens with one attached hydrogen (secondary N) is 2. The van der Waals surface area contributed by atoms with Gasteiger partial charge in [0.2, 0.25) is 0 Å². The Morgan fingerprint density at radius 2 is 1.97 bits per heavy atom. The summed E-state index contributed by atoms with van der Waals surface area (Å²) in [5.41, 5.74) is 0.192. The van der Waals surface area contributed by atoms with E-state index in [2.05, 4.69) is 15.3 Å². The van der Waals surface area contributed by atoms with Gasteiger partial charge in [0.25, 0.3) is 17.2 Å². The number of nitrogens with zero attached hydrogens (tertiary/aromatic N) is 3. The van der Waals surface area contributed by atoms with E-state index in [1.165, 1.54) is 30.3 Å². The van der Waals surface area contributed by atoms with Crippen LogP contribution in [0.25, 0.3) is 22.6 Å². The molecule has 178 valence electrons. The molecule has 0 saturated carbocycles. The second-order valence-electron chi connectivity index (χ2n) is 7.43. The summed E-state index contributed by atoms with van der Waals surface area (Å²) >= 11 is 5.94. The lowest BCUT2D eigenvalue weighted by Crippen LogP contribution is -2.20. The van der Waals surface area contributed by atoms with Crippen LogP contribution >= 0.6 is 11.6 Å². The summed E-state index contributed by atoms with van der Waals surface area (Å²) < 4.78 is 5.60. The molecule has 0 spiro atoms. The van der Waals surface area contributed by atoms with Gasteiger partial charge in [-0.05, 0) is 42.5 Å². The fourth-order valence-corrected chi connectivity index (χ4v) is 3.48. The number of nitriles is 1. The summed E-state index contributed by atoms with van der Waals surface area (Å²) in [5.74, 6) is -0.378. The van der Waals surface area contributed by atoms with E-state index >= 15 is 0 Å². The third kappa shape index (κ3) is 5.55. The summed E-state index contributed by atoms with van der Waals surface area (Å²) in [5, 5.41) is 24.3. The van der Waals surface area contributed by atoms with Gasteiger partial charge in [0.15, 0.2) is 12.4 Å². The number of halogens is 1. The third-order valence-electron chi connectivity index (χ3n) is 4.96. The number of hydrogen-bond donors (Lipinski definition) is 2. The topological polar surface area (TPSA) is 151 Å². The van der Waals surface area contributed by atoms with Crippen molar-refractivity contribution < 1.29 is 14.5 Å². The zero-order valence-electron chi connectivity index (χ0n) is 18.4. The molecule has 10 nitrogen and oxygen atoms in total. The van der Waals surface area contributed by atoms with Crippen molar-refractivity contribution in [3.8, 4) is 11.8 Å². The lowest BCUT2D eigenvalue weighted by atomic mass is 10.1. The van der Waals surface area contributed by atoms with Crippen LogP contribution in [0.5, 0.6) is 5.75 Å². The molecule has 11 heteroatoms. The molecule has 0 radical (unpaired) electrons. The Labute approximate surface area is 208 Å². The smallest absolute Gasteiger partial charge is 0.270 e. The van der Waals surface area contributed by atoms with Gasteiger partial charge in [-0.15, -0.1) is 0 Å². The van der Waals surface area contributed by atoms with Gasteiger partial charge in [-0.25, -0.2) is 4.98 Å². The molecule has 0 fully saturated rings. The first kappa shape index (κ1) is 24.1. The van der Waals surface area contributed by atoms with E-state index in [1.807, 2.05) is 6.07 Å². The molecular weight excluding hydrogens is 486 g/mol. The predicted octanol–water partition coefficient (Wildman–Crippen LogP) is 4.57. The fraction of sp³-hybridized carbons (Fsp3) is 0.0400. The minimum absolute atomic E-state index is 0.0448. The van der Waals surface area contributed by atoms with E-state index in [0.29, 0.717) is 16.2 Å². The van der Waals surface area contributed by atoms with E-state index in [9.17, 15) is 25.0 Å². The highest BCUT2D eigenvalue weighted by Gasteiger charge is 2.15. The van der Waals surface area contributed by atoms with Crippen molar-refractivity contribution in [1.29, 1.82) is 5.26 Å². The minimum Gasteiger partial charge on any atom is -0.483 e. The van der Waals surface area contributed by atoms with Gasteiger partial charge in [0, 0.05) is 28.4 Å². The number of hydrogen-bond acceptors (Lipinski definition) is 7. The number of aromatic nitrogens is 2. The monoisotopic (exact) mass is 501 g/mol. The fourth-order valence-electron chi connectivity index (χ4n) is 3.30. The molecule has 1 heterocycles. The van der Waals surface area contributed by atoms with Crippen LogP contribution in [0.15, 0.2) is 71.5 Å². The number of benzene rings is 3. The Bertz CT molecular complexity index is 1610. The zero-order chi connectivity index (χ0) is 25.7. The number of fused-ring (bicyclic) bond motifs is 1. The number of carbonyl (C=O) groups is 1. The maximum absolute atomic E-state index is 12.5. The second kappa shape index (κ2) is 10.5. The van der Waals surface area contributed by atoms with E-state index in [0.717, 1.165) is 0 Å². The zero-order valence-corrected chi connectivity index (χ0v) is 19.2. The lowest BCUT2D eigenvalue weighted by molar-refractivity contribution is -0.384. The first-order valence-electron chi connectivity index (χ1n) is 10.4. The van der Waals surface area contributed by atoms with Crippen molar-refractivity contribution in [2.24, 2.45) is 0 Å². The predicted molar refractivity (Wildman–Crippen MR) is 135 cm³/mol. The molecule has 0 saturated heterocycles. The Morgan fingerprint density at radius 1 is 1.19 bits per heavy atom. The standard InChI is InChI=1S/C25H16ClN5O5/c26-17-6-8-21-20(12-17)25(33)30-24(29-21)16(13-27)10-15-11-19(31(34)35)7-9-22(15)36-14-23(32)28-18-4-2-1-3-5-18/h1-12H,14H2,(H,28,32)(H,29,30,33)/b16-10+. The minimum atomic E-state index is -0.602. The molecule has 0 atom stereocenters. The number of allylic oxidation sites excluding steroid dienone is 1. The third-order valence-corrected chi connectivity index (χ3v) is 5.20. The van der Waals surface area contributed by atoms with E-state index in [1.54, 1.807) is 42.5 Å². The summed E-state index contributed by atoms with van der Waals surface area (Å²) in [6.07, 6.45) is 1.29. The quantitative estimate of drug-likeness (QED) is 0.214. The Balaban J connectivity index is 1.68. The number of ether oxygens (including phenoxy) is 1. The normalized spacial score (nSPS) is 11.1. The van der Waals surface area contributed by atoms with Crippen molar-refractivity contribution in [3.05, 3.63) is 104 Å². The first-order chi connectivity index (χ1) is 17.3. The molecule has 0 aliphatic rings. The SMILES string of the molecule is N#C/C(=C\c1cc([N+](=O)[O-])ccc1OCC(=O)Nc1ccccc1)c1nc2ccc(Cl)cc2c(=O)[nH]1. The molecule has 0 bridgehead atoms. The highest BCUT2D eigenvalue weighted by Crippen LogP contribution is 2.28. The lowest BCUT2D eigenvalue weighted by Gasteiger charge is -2.10. The number of rotatable bonds is 7. The number of nitro groups is 1. The molecule has 1 aromatic heterocycles. The molecule has 1 amide bonds. The molecule has 4 aromatic rings. The number of nitro benzene ring substituents is 1. The summed E-state index contributed by atoms with van der Waals surface area (Å²) in [7, 11) is 0. The molecule has 2 N–H and O–H groups in total. The van der Waals surface area contributed by atoms with E-state index < -0.39 is 16.4 Å². The summed E-state index contributed by atoms with van der Waals surface area (Å²) in [6.45, 7) is -0.388. The highest BCUT2D eigenvalue weighted by atomic mass is 35.5. The molecule has 0 aliphatic heterocycles. The van der Waals surface area contributed by atoms with E-state index in [-0.39, 0.29) is 40.4 Å². The summed E-state index contributed by atoms with van der Waals surface area (Å²) in [4.78, 5) is 42.4. The number of aromatic amines is 1. The van der Waals surface area contributed by atoms with Crippen LogP contribution in [0.4, 0.5) is 11.4 Å². The first-order valence-corrected chi connectivity index (χ1v) is 10.8. The van der Waals surface area contributed by atoms with Gasteiger partial charge in [-0.3, -0.25) is 19.7 Å².